The largest absolute Gasteiger partial charge is 0.316 e. The second kappa shape index (κ2) is 7.38. The van der Waals surface area contributed by atoms with Crippen LogP contribution in [0, 0.1) is 5.92 Å². The lowest BCUT2D eigenvalue weighted by atomic mass is 9.99. The number of fused-ring (bicyclic) bond motifs is 1. The number of nitrogens with one attached hydrogen (secondary N) is 2. The van der Waals surface area contributed by atoms with Crippen LogP contribution in [0.15, 0.2) is 54.9 Å². The number of benzene rings is 2. The monoisotopic (exact) mass is 334 g/mol. The first-order valence-corrected chi connectivity index (χ1v) is 9.28. The molecule has 0 bridgehead atoms. The van der Waals surface area contributed by atoms with Gasteiger partial charge in [0.15, 0.2) is 0 Å². The van der Waals surface area contributed by atoms with Crippen molar-refractivity contribution >= 4 is 11.0 Å². The predicted octanol–water partition coefficient (Wildman–Crippen LogP) is 3.68. The smallest absolute Gasteiger partial charge is 0.100 e. The Morgan fingerprint density at radius 2 is 2.04 bits per heavy atom. The molecule has 0 saturated carbocycles. The lowest BCUT2D eigenvalue weighted by molar-refractivity contribution is 0.348. The van der Waals surface area contributed by atoms with E-state index in [0.29, 0.717) is 6.04 Å². The molecule has 0 spiro atoms. The Hall–Kier alpha value is -2.17. The fourth-order valence-corrected chi connectivity index (χ4v) is 3.65. The summed E-state index contributed by atoms with van der Waals surface area (Å²) >= 11 is 0. The molecule has 4 rings (SSSR count). The fraction of sp³-hybridized carbons (Fsp3) is 0.381. The van der Waals surface area contributed by atoms with Gasteiger partial charge in [-0.3, -0.25) is 4.57 Å². The highest BCUT2D eigenvalue weighted by Gasteiger charge is 2.14. The Morgan fingerprint density at radius 1 is 1.20 bits per heavy atom. The molecule has 2 N–H and O–H groups in total. The third-order valence-electron chi connectivity index (χ3n) is 5.24. The SMILES string of the molecule is CC(NC[C@H]1CCCNC1)c1ccc(-n2cnc3ccccc32)cc1. The summed E-state index contributed by atoms with van der Waals surface area (Å²) < 4.78 is 2.14. The van der Waals surface area contributed by atoms with Crippen molar-refractivity contribution < 1.29 is 0 Å². The van der Waals surface area contributed by atoms with Gasteiger partial charge in [0.05, 0.1) is 11.0 Å². The molecule has 0 aliphatic carbocycles. The van der Waals surface area contributed by atoms with Crippen LogP contribution < -0.4 is 10.6 Å². The number of nitrogens with zero attached hydrogens (tertiary/aromatic N) is 2. The summed E-state index contributed by atoms with van der Waals surface area (Å²) in [6.45, 7) is 5.66. The van der Waals surface area contributed by atoms with Crippen molar-refractivity contribution in [2.75, 3.05) is 19.6 Å². The first-order valence-electron chi connectivity index (χ1n) is 9.28. The van der Waals surface area contributed by atoms with Crippen molar-refractivity contribution in [1.29, 1.82) is 0 Å². The van der Waals surface area contributed by atoms with E-state index >= 15 is 0 Å². The van der Waals surface area contributed by atoms with Gasteiger partial charge in [-0.15, -0.1) is 0 Å². The molecule has 1 aromatic heterocycles. The van der Waals surface area contributed by atoms with Gasteiger partial charge in [0.25, 0.3) is 0 Å². The summed E-state index contributed by atoms with van der Waals surface area (Å²) in [5.74, 6) is 0.757. The summed E-state index contributed by atoms with van der Waals surface area (Å²) in [6, 6.07) is 17.4. The third kappa shape index (κ3) is 3.60. The van der Waals surface area contributed by atoms with Crippen LogP contribution in [0.4, 0.5) is 0 Å². The molecule has 1 fully saturated rings. The highest BCUT2D eigenvalue weighted by molar-refractivity contribution is 5.77. The van der Waals surface area contributed by atoms with Gasteiger partial charge in [-0.25, -0.2) is 4.98 Å². The summed E-state index contributed by atoms with van der Waals surface area (Å²) in [5, 5.41) is 7.18. The molecule has 1 aliphatic heterocycles. The maximum atomic E-state index is 4.48. The normalized spacial score (nSPS) is 19.2. The first-order chi connectivity index (χ1) is 12.3. The fourth-order valence-electron chi connectivity index (χ4n) is 3.65. The van der Waals surface area contributed by atoms with Crippen molar-refractivity contribution in [2.45, 2.75) is 25.8 Å². The highest BCUT2D eigenvalue weighted by atomic mass is 15.0. The Bertz CT molecular complexity index is 815. The van der Waals surface area contributed by atoms with Crippen LogP contribution in [-0.2, 0) is 0 Å². The van der Waals surface area contributed by atoms with E-state index in [1.807, 2.05) is 18.5 Å². The molecule has 3 aromatic rings. The van der Waals surface area contributed by atoms with Gasteiger partial charge in [0, 0.05) is 11.7 Å². The van der Waals surface area contributed by atoms with E-state index in [4.69, 9.17) is 0 Å². The minimum Gasteiger partial charge on any atom is -0.316 e. The molecule has 25 heavy (non-hydrogen) atoms. The van der Waals surface area contributed by atoms with Crippen molar-refractivity contribution in [3.63, 3.8) is 0 Å². The average molecular weight is 334 g/mol. The second-order valence-electron chi connectivity index (χ2n) is 7.04. The Kier molecular flexibility index (Phi) is 4.81. The summed E-state index contributed by atoms with van der Waals surface area (Å²) in [7, 11) is 0. The van der Waals surface area contributed by atoms with Gasteiger partial charge < -0.3 is 10.6 Å². The van der Waals surface area contributed by atoms with Crippen molar-refractivity contribution in [2.24, 2.45) is 5.92 Å². The summed E-state index contributed by atoms with van der Waals surface area (Å²) in [6.07, 6.45) is 4.53. The Balaban J connectivity index is 1.44. The minimum atomic E-state index is 0.371. The van der Waals surface area contributed by atoms with Gasteiger partial charge in [-0.1, -0.05) is 24.3 Å². The molecule has 1 unspecified atom stereocenters. The highest BCUT2D eigenvalue weighted by Crippen LogP contribution is 2.20. The number of imidazole rings is 1. The molecule has 0 amide bonds. The van der Waals surface area contributed by atoms with Gasteiger partial charge in [0.2, 0.25) is 0 Å². The number of aromatic nitrogens is 2. The summed E-state index contributed by atoms with van der Waals surface area (Å²) in [4.78, 5) is 4.48. The van der Waals surface area contributed by atoms with E-state index in [1.165, 1.54) is 24.9 Å². The van der Waals surface area contributed by atoms with E-state index < -0.39 is 0 Å². The summed E-state index contributed by atoms with van der Waals surface area (Å²) in [5.41, 5.74) is 4.66. The lowest BCUT2D eigenvalue weighted by Crippen LogP contribution is -2.36. The molecular weight excluding hydrogens is 308 g/mol. The first kappa shape index (κ1) is 16.3. The zero-order valence-electron chi connectivity index (χ0n) is 14.8. The van der Waals surface area contributed by atoms with Crippen LogP contribution in [0.5, 0.6) is 0 Å². The van der Waals surface area contributed by atoms with Crippen LogP contribution in [0.2, 0.25) is 0 Å². The number of hydrogen-bond donors (Lipinski definition) is 2. The molecule has 1 saturated heterocycles. The molecule has 4 heteroatoms. The van der Waals surface area contributed by atoms with Gasteiger partial charge in [0.1, 0.15) is 6.33 Å². The van der Waals surface area contributed by atoms with Crippen molar-refractivity contribution in [3.05, 3.63) is 60.4 Å². The molecule has 4 nitrogen and oxygen atoms in total. The molecule has 2 heterocycles. The van der Waals surface area contributed by atoms with Crippen LogP contribution in [-0.4, -0.2) is 29.2 Å². The molecule has 2 aromatic carbocycles. The molecule has 1 aliphatic rings. The Morgan fingerprint density at radius 3 is 2.84 bits per heavy atom. The van der Waals surface area contributed by atoms with Crippen LogP contribution in [0.1, 0.15) is 31.4 Å². The van der Waals surface area contributed by atoms with Gasteiger partial charge >= 0.3 is 0 Å². The third-order valence-corrected chi connectivity index (χ3v) is 5.24. The van der Waals surface area contributed by atoms with Gasteiger partial charge in [-0.2, -0.15) is 0 Å². The van der Waals surface area contributed by atoms with E-state index in [0.717, 1.165) is 35.7 Å². The number of piperidine rings is 1. The zero-order chi connectivity index (χ0) is 17.1. The quantitative estimate of drug-likeness (QED) is 0.748. The maximum absolute atomic E-state index is 4.48. The zero-order valence-corrected chi connectivity index (χ0v) is 14.8. The predicted molar refractivity (Wildman–Crippen MR) is 103 cm³/mol. The standard InChI is InChI=1S/C21H26N4/c1-16(23-14-17-5-4-12-22-13-17)18-8-10-19(11-9-18)25-15-24-20-6-2-3-7-21(20)25/h2-3,6-11,15-17,22-23H,4-5,12-14H2,1H3/t16?,17-/m0/s1. The molecule has 130 valence electrons. The molecule has 0 radical (unpaired) electrons. The number of rotatable bonds is 5. The van der Waals surface area contributed by atoms with E-state index in [1.54, 1.807) is 0 Å². The molecule has 2 atom stereocenters. The van der Waals surface area contributed by atoms with E-state index in [9.17, 15) is 0 Å². The topological polar surface area (TPSA) is 41.9 Å². The minimum absolute atomic E-state index is 0.371. The van der Waals surface area contributed by atoms with Crippen LogP contribution in [0.25, 0.3) is 16.7 Å². The van der Waals surface area contributed by atoms with E-state index in [2.05, 4.69) is 63.5 Å². The molecular formula is C21H26N4. The van der Waals surface area contributed by atoms with Crippen molar-refractivity contribution in [1.82, 2.24) is 20.2 Å². The maximum Gasteiger partial charge on any atom is 0.100 e. The number of para-hydroxylation sites is 2. The van der Waals surface area contributed by atoms with Crippen LogP contribution >= 0.6 is 0 Å². The van der Waals surface area contributed by atoms with Crippen molar-refractivity contribution in [3.8, 4) is 5.69 Å². The van der Waals surface area contributed by atoms with Crippen LogP contribution in [0.3, 0.4) is 0 Å². The van der Waals surface area contributed by atoms with Gasteiger partial charge in [-0.05, 0) is 75.1 Å². The second-order valence-corrected chi connectivity index (χ2v) is 7.04. The lowest BCUT2D eigenvalue weighted by Gasteiger charge is -2.25. The average Bonchev–Trinajstić information content (AvgIpc) is 3.11. The number of hydrogen-bond acceptors (Lipinski definition) is 3. The Labute approximate surface area is 149 Å². The van der Waals surface area contributed by atoms with E-state index in [-0.39, 0.29) is 0 Å².